The fraction of sp³-hybridized carbons (Fsp3) is 0.533. The number of fused-ring (bicyclic) bond motifs is 1. The zero-order chi connectivity index (χ0) is 13.3. The van der Waals surface area contributed by atoms with E-state index in [0.29, 0.717) is 11.3 Å². The number of para-hydroxylation sites is 1. The van der Waals surface area contributed by atoms with Gasteiger partial charge >= 0.3 is 0 Å². The molecule has 2 rings (SSSR count). The maximum atomic E-state index is 5.92. The average Bonchev–Trinajstić information content (AvgIpc) is 2.58. The summed E-state index contributed by atoms with van der Waals surface area (Å²) in [5.74, 6) is 1.66. The van der Waals surface area contributed by atoms with Crippen molar-refractivity contribution >= 4 is 16.7 Å². The summed E-state index contributed by atoms with van der Waals surface area (Å²) in [4.78, 5) is 7.96. The van der Waals surface area contributed by atoms with Crippen molar-refractivity contribution in [2.75, 3.05) is 5.73 Å². The number of imidazole rings is 1. The van der Waals surface area contributed by atoms with E-state index in [4.69, 9.17) is 5.73 Å². The molecule has 0 saturated heterocycles. The van der Waals surface area contributed by atoms with Gasteiger partial charge in [0, 0.05) is 6.42 Å². The standard InChI is InChI=1S/C15H23N3/c1-10(9-15(2,3)4)8-13-17-12-7-5-6-11(16)14(12)18-13/h5-7,10H,8-9,16H2,1-4H3,(H,17,18). The van der Waals surface area contributed by atoms with Crippen molar-refractivity contribution in [3.05, 3.63) is 24.0 Å². The van der Waals surface area contributed by atoms with E-state index in [9.17, 15) is 0 Å². The maximum Gasteiger partial charge on any atom is 0.111 e. The number of aromatic nitrogens is 2. The van der Waals surface area contributed by atoms with Gasteiger partial charge in [-0.05, 0) is 29.9 Å². The number of nitrogen functional groups attached to an aromatic ring is 1. The molecule has 1 aromatic carbocycles. The normalized spacial score (nSPS) is 14.0. The van der Waals surface area contributed by atoms with Gasteiger partial charge in [-0.2, -0.15) is 0 Å². The fourth-order valence-corrected chi connectivity index (χ4v) is 2.65. The molecule has 1 aromatic heterocycles. The Bertz CT molecular complexity index is 534. The Balaban J connectivity index is 2.15. The minimum absolute atomic E-state index is 0.366. The van der Waals surface area contributed by atoms with Gasteiger partial charge in [0.1, 0.15) is 11.3 Å². The topological polar surface area (TPSA) is 54.7 Å². The van der Waals surface area contributed by atoms with Crippen molar-refractivity contribution in [2.45, 2.75) is 40.5 Å². The van der Waals surface area contributed by atoms with Crippen molar-refractivity contribution < 1.29 is 0 Å². The summed E-state index contributed by atoms with van der Waals surface area (Å²) in [5, 5.41) is 0. The van der Waals surface area contributed by atoms with Crippen molar-refractivity contribution in [3.63, 3.8) is 0 Å². The van der Waals surface area contributed by atoms with Crippen molar-refractivity contribution in [2.24, 2.45) is 11.3 Å². The van der Waals surface area contributed by atoms with Gasteiger partial charge in [-0.1, -0.05) is 33.8 Å². The summed E-state index contributed by atoms with van der Waals surface area (Å²) in [6, 6.07) is 5.88. The van der Waals surface area contributed by atoms with Gasteiger partial charge in [0.05, 0.1) is 11.2 Å². The van der Waals surface area contributed by atoms with E-state index >= 15 is 0 Å². The Morgan fingerprint density at radius 2 is 2.06 bits per heavy atom. The molecule has 1 heterocycles. The molecule has 0 spiro atoms. The monoisotopic (exact) mass is 245 g/mol. The van der Waals surface area contributed by atoms with Gasteiger partial charge in [-0.3, -0.25) is 0 Å². The van der Waals surface area contributed by atoms with Gasteiger partial charge < -0.3 is 10.7 Å². The van der Waals surface area contributed by atoms with Crippen LogP contribution in [0.5, 0.6) is 0 Å². The Kier molecular flexibility index (Phi) is 3.33. The summed E-state index contributed by atoms with van der Waals surface area (Å²) in [5.41, 5.74) is 8.97. The number of hydrogen-bond acceptors (Lipinski definition) is 2. The summed E-state index contributed by atoms with van der Waals surface area (Å²) in [7, 11) is 0. The van der Waals surface area contributed by atoms with E-state index in [1.165, 1.54) is 6.42 Å². The van der Waals surface area contributed by atoms with Crippen LogP contribution in [-0.4, -0.2) is 9.97 Å². The van der Waals surface area contributed by atoms with Gasteiger partial charge in [0.25, 0.3) is 0 Å². The largest absolute Gasteiger partial charge is 0.397 e. The zero-order valence-electron chi connectivity index (χ0n) is 11.7. The Hall–Kier alpha value is -1.51. The molecule has 1 atom stereocenters. The SMILES string of the molecule is CC(Cc1nc2c(N)cccc2[nH]1)CC(C)(C)C. The molecule has 0 radical (unpaired) electrons. The van der Waals surface area contributed by atoms with Crippen LogP contribution in [-0.2, 0) is 6.42 Å². The lowest BCUT2D eigenvalue weighted by molar-refractivity contribution is 0.304. The highest BCUT2D eigenvalue weighted by Crippen LogP contribution is 2.26. The van der Waals surface area contributed by atoms with Crippen LogP contribution < -0.4 is 5.73 Å². The molecular formula is C15H23N3. The molecule has 3 nitrogen and oxygen atoms in total. The van der Waals surface area contributed by atoms with Gasteiger partial charge in [0.15, 0.2) is 0 Å². The average molecular weight is 245 g/mol. The number of hydrogen-bond donors (Lipinski definition) is 2. The van der Waals surface area contributed by atoms with E-state index in [1.54, 1.807) is 0 Å². The molecule has 0 amide bonds. The highest BCUT2D eigenvalue weighted by molar-refractivity contribution is 5.86. The molecule has 1 unspecified atom stereocenters. The van der Waals surface area contributed by atoms with Crippen LogP contribution in [0.15, 0.2) is 18.2 Å². The zero-order valence-corrected chi connectivity index (χ0v) is 11.7. The molecule has 0 bridgehead atoms. The van der Waals surface area contributed by atoms with Crippen LogP contribution in [0, 0.1) is 11.3 Å². The van der Waals surface area contributed by atoms with Gasteiger partial charge in [-0.15, -0.1) is 0 Å². The molecule has 0 aliphatic rings. The number of nitrogens with one attached hydrogen (secondary N) is 1. The molecule has 0 aliphatic heterocycles. The summed E-state index contributed by atoms with van der Waals surface area (Å²) < 4.78 is 0. The first-order valence-electron chi connectivity index (χ1n) is 6.58. The molecular weight excluding hydrogens is 222 g/mol. The summed E-state index contributed by atoms with van der Waals surface area (Å²) in [6.45, 7) is 9.11. The number of anilines is 1. The molecule has 3 N–H and O–H groups in total. The van der Waals surface area contributed by atoms with E-state index in [-0.39, 0.29) is 0 Å². The van der Waals surface area contributed by atoms with E-state index in [1.807, 2.05) is 18.2 Å². The Morgan fingerprint density at radius 3 is 2.67 bits per heavy atom. The Labute approximate surface area is 109 Å². The fourth-order valence-electron chi connectivity index (χ4n) is 2.65. The third-order valence-corrected chi connectivity index (χ3v) is 3.10. The van der Waals surface area contributed by atoms with E-state index in [0.717, 1.165) is 29.0 Å². The minimum atomic E-state index is 0.366. The van der Waals surface area contributed by atoms with Crippen molar-refractivity contribution in [1.29, 1.82) is 0 Å². The number of aromatic amines is 1. The third kappa shape index (κ3) is 3.03. The highest BCUT2D eigenvalue weighted by Gasteiger charge is 2.17. The highest BCUT2D eigenvalue weighted by atomic mass is 14.9. The molecule has 0 aliphatic carbocycles. The molecule has 0 saturated carbocycles. The first-order valence-corrected chi connectivity index (χ1v) is 6.58. The van der Waals surface area contributed by atoms with Gasteiger partial charge in [-0.25, -0.2) is 4.98 Å². The molecule has 98 valence electrons. The van der Waals surface area contributed by atoms with Gasteiger partial charge in [0.2, 0.25) is 0 Å². The second-order valence-corrected chi connectivity index (χ2v) is 6.50. The third-order valence-electron chi connectivity index (χ3n) is 3.10. The van der Waals surface area contributed by atoms with Crippen LogP contribution in [0.3, 0.4) is 0 Å². The van der Waals surface area contributed by atoms with Crippen LogP contribution in [0.1, 0.15) is 39.9 Å². The second-order valence-electron chi connectivity index (χ2n) is 6.50. The van der Waals surface area contributed by atoms with Crippen LogP contribution in [0.4, 0.5) is 5.69 Å². The first kappa shape index (κ1) is 12.9. The summed E-state index contributed by atoms with van der Waals surface area (Å²) >= 11 is 0. The lowest BCUT2D eigenvalue weighted by atomic mass is 9.84. The Morgan fingerprint density at radius 1 is 1.33 bits per heavy atom. The number of nitrogens with zero attached hydrogens (tertiary/aromatic N) is 1. The molecule has 3 heteroatoms. The van der Waals surface area contributed by atoms with Crippen molar-refractivity contribution in [1.82, 2.24) is 9.97 Å². The number of rotatable bonds is 3. The second kappa shape index (κ2) is 4.63. The van der Waals surface area contributed by atoms with E-state index < -0.39 is 0 Å². The van der Waals surface area contributed by atoms with Crippen LogP contribution in [0.2, 0.25) is 0 Å². The lowest BCUT2D eigenvalue weighted by Crippen LogP contribution is -2.13. The number of nitrogens with two attached hydrogens (primary N) is 1. The minimum Gasteiger partial charge on any atom is -0.397 e. The van der Waals surface area contributed by atoms with Crippen LogP contribution >= 0.6 is 0 Å². The van der Waals surface area contributed by atoms with E-state index in [2.05, 4.69) is 37.7 Å². The molecule has 18 heavy (non-hydrogen) atoms. The maximum absolute atomic E-state index is 5.92. The number of H-pyrrole nitrogens is 1. The van der Waals surface area contributed by atoms with Crippen molar-refractivity contribution in [3.8, 4) is 0 Å². The predicted octanol–water partition coefficient (Wildman–Crippen LogP) is 3.76. The predicted molar refractivity (Wildman–Crippen MR) is 77.4 cm³/mol. The lowest BCUT2D eigenvalue weighted by Gasteiger charge is -2.22. The molecule has 2 aromatic rings. The quantitative estimate of drug-likeness (QED) is 0.809. The molecule has 0 fully saturated rings. The number of benzene rings is 1. The summed E-state index contributed by atoms with van der Waals surface area (Å²) in [6.07, 6.45) is 2.17. The smallest absolute Gasteiger partial charge is 0.111 e. The van der Waals surface area contributed by atoms with Crippen LogP contribution in [0.25, 0.3) is 11.0 Å². The first-order chi connectivity index (χ1) is 8.35.